The summed E-state index contributed by atoms with van der Waals surface area (Å²) in [5, 5.41) is 0. The van der Waals surface area contributed by atoms with Crippen molar-refractivity contribution in [2.75, 3.05) is 0 Å². The van der Waals surface area contributed by atoms with Crippen molar-refractivity contribution in [3.05, 3.63) is 53.9 Å². The van der Waals surface area contributed by atoms with Crippen molar-refractivity contribution in [3.8, 4) is 0 Å². The maximum atomic E-state index is 13.3. The van der Waals surface area contributed by atoms with Crippen LogP contribution in [0, 0.1) is 5.82 Å². The van der Waals surface area contributed by atoms with E-state index in [4.69, 9.17) is 4.74 Å². The van der Waals surface area contributed by atoms with E-state index in [-0.39, 0.29) is 5.82 Å². The Hall–Kier alpha value is -1.97. The zero-order valence-electron chi connectivity index (χ0n) is 8.85. The predicted octanol–water partition coefficient (Wildman–Crippen LogP) is 2.66. The van der Waals surface area contributed by atoms with Crippen LogP contribution in [0.2, 0.25) is 0 Å². The molecule has 2 rings (SSSR count). The summed E-state index contributed by atoms with van der Waals surface area (Å²) in [7, 11) is 0. The molecule has 0 bridgehead atoms. The third-order valence-electron chi connectivity index (χ3n) is 2.33. The van der Waals surface area contributed by atoms with Crippen LogP contribution in [0.1, 0.15) is 5.56 Å². The lowest BCUT2D eigenvalue weighted by Gasteiger charge is -2.18. The van der Waals surface area contributed by atoms with Gasteiger partial charge in [-0.3, -0.25) is 0 Å². The first-order valence-corrected chi connectivity index (χ1v) is 5.12. The fraction of sp³-hybridized carbons (Fsp3) is 0.154. The fourth-order valence-corrected chi connectivity index (χ4v) is 1.44. The van der Waals surface area contributed by atoms with Crippen molar-refractivity contribution >= 4 is 12.0 Å². The van der Waals surface area contributed by atoms with Crippen molar-refractivity contribution in [1.82, 2.24) is 0 Å². The van der Waals surface area contributed by atoms with Crippen LogP contribution in [0.4, 0.5) is 8.78 Å². The summed E-state index contributed by atoms with van der Waals surface area (Å²) in [6.45, 7) is 0. The third kappa shape index (κ3) is 3.00. The van der Waals surface area contributed by atoms with Gasteiger partial charge in [-0.2, -0.15) is 0 Å². The first-order valence-electron chi connectivity index (χ1n) is 5.12. The smallest absolute Gasteiger partial charge is 0.331 e. The van der Waals surface area contributed by atoms with Gasteiger partial charge in [-0.25, -0.2) is 13.6 Å². The number of carbonyl (C=O) groups excluding carboxylic acids is 1. The second-order valence-electron chi connectivity index (χ2n) is 3.62. The number of benzene rings is 1. The molecule has 0 aliphatic carbocycles. The first kappa shape index (κ1) is 11.5. The number of carbonyl (C=O) groups is 1. The number of halogens is 2. The number of hydrogen-bond donors (Lipinski definition) is 0. The summed E-state index contributed by atoms with van der Waals surface area (Å²) in [6, 6.07) is 5.72. The van der Waals surface area contributed by atoms with Crippen molar-refractivity contribution in [3.63, 3.8) is 0 Å². The zero-order chi connectivity index (χ0) is 12.3. The average Bonchev–Trinajstić information content (AvgIpc) is 2.32. The molecule has 0 unspecified atom stereocenters. The summed E-state index contributed by atoms with van der Waals surface area (Å²) >= 11 is 0. The Balaban J connectivity index is 2.07. The molecular weight excluding hydrogens is 226 g/mol. The van der Waals surface area contributed by atoms with Gasteiger partial charge in [0.15, 0.2) is 12.3 Å². The second kappa shape index (κ2) is 4.91. The van der Waals surface area contributed by atoms with E-state index >= 15 is 0 Å². The van der Waals surface area contributed by atoms with Gasteiger partial charge in [0.2, 0.25) is 0 Å². The average molecular weight is 236 g/mol. The van der Waals surface area contributed by atoms with E-state index in [2.05, 4.69) is 0 Å². The number of ether oxygens (including phenoxy) is 1. The number of rotatable bonds is 2. The molecule has 4 heteroatoms. The molecule has 1 aromatic rings. The van der Waals surface area contributed by atoms with E-state index in [0.717, 1.165) is 12.2 Å². The highest BCUT2D eigenvalue weighted by Crippen LogP contribution is 2.15. The van der Waals surface area contributed by atoms with Gasteiger partial charge < -0.3 is 4.74 Å². The molecule has 0 saturated heterocycles. The van der Waals surface area contributed by atoms with Gasteiger partial charge in [0.05, 0.1) is 0 Å². The summed E-state index contributed by atoms with van der Waals surface area (Å²) in [4.78, 5) is 10.9. The Bertz CT molecular complexity index is 463. The minimum Gasteiger partial charge on any atom is -0.451 e. The van der Waals surface area contributed by atoms with Crippen molar-refractivity contribution < 1.29 is 18.3 Å². The molecule has 0 amide bonds. The molecular formula is C13H10F2O2. The van der Waals surface area contributed by atoms with Crippen molar-refractivity contribution in [2.45, 2.75) is 12.3 Å². The third-order valence-corrected chi connectivity index (χ3v) is 2.33. The van der Waals surface area contributed by atoms with E-state index in [1.165, 1.54) is 18.2 Å². The lowest BCUT2D eigenvalue weighted by atomic mass is 10.1. The van der Waals surface area contributed by atoms with Crippen LogP contribution in [0.25, 0.3) is 6.08 Å². The topological polar surface area (TPSA) is 26.3 Å². The van der Waals surface area contributed by atoms with Gasteiger partial charge in [-0.15, -0.1) is 0 Å². The normalized spacial score (nSPS) is 24.0. The van der Waals surface area contributed by atoms with E-state index in [1.54, 1.807) is 18.2 Å². The lowest BCUT2D eigenvalue weighted by molar-refractivity contribution is -0.144. The van der Waals surface area contributed by atoms with Crippen molar-refractivity contribution in [1.29, 1.82) is 0 Å². The molecule has 0 fully saturated rings. The van der Waals surface area contributed by atoms with E-state index in [1.807, 2.05) is 0 Å². The molecule has 88 valence electrons. The van der Waals surface area contributed by atoms with Gasteiger partial charge in [-0.1, -0.05) is 18.2 Å². The molecule has 0 aromatic heterocycles. The van der Waals surface area contributed by atoms with Crippen LogP contribution < -0.4 is 0 Å². The summed E-state index contributed by atoms with van der Waals surface area (Å²) in [6.07, 6.45) is 2.99. The van der Waals surface area contributed by atoms with Crippen LogP contribution in [0.5, 0.6) is 0 Å². The monoisotopic (exact) mass is 236 g/mol. The van der Waals surface area contributed by atoms with Crippen LogP contribution in [0.3, 0.4) is 0 Å². The summed E-state index contributed by atoms with van der Waals surface area (Å²) < 4.78 is 30.7. The lowest BCUT2D eigenvalue weighted by Crippen LogP contribution is -2.28. The number of cyclic esters (lactones) is 1. The summed E-state index contributed by atoms with van der Waals surface area (Å²) in [5.74, 6) is -0.898. The molecule has 17 heavy (non-hydrogen) atoms. The Kier molecular flexibility index (Phi) is 3.32. The van der Waals surface area contributed by atoms with Gasteiger partial charge in [0.25, 0.3) is 0 Å². The molecule has 1 aromatic carbocycles. The molecule has 1 heterocycles. The number of alkyl halides is 1. The van der Waals surface area contributed by atoms with Crippen LogP contribution in [-0.2, 0) is 9.53 Å². The summed E-state index contributed by atoms with van der Waals surface area (Å²) in [5.41, 5.74) is 0.712. The zero-order valence-corrected chi connectivity index (χ0v) is 8.85. The Morgan fingerprint density at radius 2 is 1.94 bits per heavy atom. The maximum absolute atomic E-state index is 13.3. The SMILES string of the molecule is O=C1C=C[C@@H](F)[C@H](/C=C/c2ccc(F)cc2)O1. The fourth-order valence-electron chi connectivity index (χ4n) is 1.44. The molecule has 0 spiro atoms. The van der Waals surface area contributed by atoms with Gasteiger partial charge in [-0.05, 0) is 29.8 Å². The predicted molar refractivity (Wildman–Crippen MR) is 59.4 cm³/mol. The van der Waals surface area contributed by atoms with Crippen LogP contribution >= 0.6 is 0 Å². The Morgan fingerprint density at radius 1 is 1.24 bits per heavy atom. The number of esters is 1. The highest BCUT2D eigenvalue weighted by Gasteiger charge is 2.23. The second-order valence-corrected chi connectivity index (χ2v) is 3.62. The van der Waals surface area contributed by atoms with Crippen LogP contribution in [-0.4, -0.2) is 18.2 Å². The highest BCUT2D eigenvalue weighted by molar-refractivity contribution is 5.83. The Labute approximate surface area is 97.2 Å². The largest absolute Gasteiger partial charge is 0.451 e. The van der Waals surface area contributed by atoms with E-state index < -0.39 is 18.2 Å². The molecule has 1 aliphatic rings. The standard InChI is InChI=1S/C13H10F2O2/c14-10-4-1-9(2-5-10)3-7-12-11(15)6-8-13(16)17-12/h1-8,11-12H/b7-3+/t11-,12+/m1/s1. The van der Waals surface area contributed by atoms with Gasteiger partial charge in [0, 0.05) is 6.08 Å². The van der Waals surface area contributed by atoms with E-state index in [0.29, 0.717) is 5.56 Å². The minimum absolute atomic E-state index is 0.336. The molecule has 1 aliphatic heterocycles. The van der Waals surface area contributed by atoms with Gasteiger partial charge in [0.1, 0.15) is 5.82 Å². The molecule has 0 radical (unpaired) electrons. The highest BCUT2D eigenvalue weighted by atomic mass is 19.1. The molecule has 2 nitrogen and oxygen atoms in total. The molecule has 2 atom stereocenters. The molecule has 0 saturated carbocycles. The quantitative estimate of drug-likeness (QED) is 0.738. The Morgan fingerprint density at radius 3 is 2.65 bits per heavy atom. The van der Waals surface area contributed by atoms with Crippen LogP contribution in [0.15, 0.2) is 42.5 Å². The van der Waals surface area contributed by atoms with E-state index in [9.17, 15) is 13.6 Å². The first-order chi connectivity index (χ1) is 8.15. The van der Waals surface area contributed by atoms with Crippen molar-refractivity contribution in [2.24, 2.45) is 0 Å². The minimum atomic E-state index is -1.34. The number of hydrogen-bond acceptors (Lipinski definition) is 2. The maximum Gasteiger partial charge on any atom is 0.331 e. The van der Waals surface area contributed by atoms with Gasteiger partial charge >= 0.3 is 5.97 Å². The molecule has 0 N–H and O–H groups in total.